The van der Waals surface area contributed by atoms with E-state index in [9.17, 15) is 0 Å². The predicted octanol–water partition coefficient (Wildman–Crippen LogP) is 4.95. The molecule has 0 radical (unpaired) electrons. The highest BCUT2D eigenvalue weighted by atomic mass is 79.9. The molecule has 0 fully saturated rings. The Morgan fingerprint density at radius 2 is 2.00 bits per heavy atom. The summed E-state index contributed by atoms with van der Waals surface area (Å²) in [5, 5.41) is 0. The van der Waals surface area contributed by atoms with E-state index < -0.39 is 0 Å². The van der Waals surface area contributed by atoms with Crippen LogP contribution in [0.1, 0.15) is 26.7 Å². The van der Waals surface area contributed by atoms with E-state index in [0.717, 1.165) is 12.8 Å². The van der Waals surface area contributed by atoms with Gasteiger partial charge in [-0.15, -0.1) is 34.8 Å². The zero-order valence-corrected chi connectivity index (χ0v) is 12.3. The molecule has 0 spiro atoms. The maximum absolute atomic E-state index is 6.16. The van der Waals surface area contributed by atoms with Crippen LogP contribution in [0.5, 0.6) is 0 Å². The van der Waals surface area contributed by atoms with Crippen molar-refractivity contribution in [2.24, 2.45) is 0 Å². The van der Waals surface area contributed by atoms with Gasteiger partial charge in [-0.25, -0.2) is 0 Å². The highest BCUT2D eigenvalue weighted by molar-refractivity contribution is 9.09. The molecule has 0 bridgehead atoms. The van der Waals surface area contributed by atoms with Crippen LogP contribution in [-0.4, -0.2) is 21.5 Å². The molecule has 0 aromatic rings. The minimum Gasteiger partial charge on any atom is -0.122 e. The number of rotatable bonds is 6. The minimum absolute atomic E-state index is 0.224. The fourth-order valence-electron chi connectivity index (χ4n) is 0.988. The molecule has 0 amide bonds. The molecule has 0 aliphatic heterocycles. The molecule has 0 aliphatic rings. The van der Waals surface area contributed by atoms with Crippen molar-refractivity contribution >= 4 is 50.7 Å². The van der Waals surface area contributed by atoms with E-state index in [4.69, 9.17) is 34.8 Å². The van der Waals surface area contributed by atoms with Crippen LogP contribution >= 0.6 is 50.7 Å². The Balaban J connectivity index is 3.98. The predicted molar refractivity (Wildman–Crippen MR) is 71.4 cm³/mol. The number of hydrogen-bond acceptors (Lipinski definition) is 0. The number of halogens is 4. The van der Waals surface area contributed by atoms with Crippen molar-refractivity contribution < 1.29 is 0 Å². The molecule has 84 valence electrons. The fraction of sp³-hybridized carbons (Fsp3) is 0.800. The maximum Gasteiger partial charge on any atom is 0.0515 e. The van der Waals surface area contributed by atoms with Gasteiger partial charge in [0.2, 0.25) is 0 Å². The quantitative estimate of drug-likeness (QED) is 0.479. The van der Waals surface area contributed by atoms with Gasteiger partial charge in [0, 0.05) is 16.6 Å². The molecular weight excluding hydrogens is 306 g/mol. The topological polar surface area (TPSA) is 0 Å². The van der Waals surface area contributed by atoms with E-state index in [2.05, 4.69) is 15.9 Å². The lowest BCUT2D eigenvalue weighted by atomic mass is 10.0. The average molecular weight is 323 g/mol. The molecular formula is C10H16BrCl3. The van der Waals surface area contributed by atoms with Gasteiger partial charge >= 0.3 is 0 Å². The minimum atomic E-state index is -0.224. The molecule has 0 nitrogen and oxygen atoms in total. The molecule has 0 saturated heterocycles. The summed E-state index contributed by atoms with van der Waals surface area (Å²) in [6.07, 6.45) is 3.89. The van der Waals surface area contributed by atoms with Gasteiger partial charge in [0.1, 0.15) is 0 Å². The first-order valence-corrected chi connectivity index (χ1v) is 6.91. The summed E-state index contributed by atoms with van der Waals surface area (Å²) in [5.41, 5.74) is 1.19. The van der Waals surface area contributed by atoms with E-state index in [0.29, 0.717) is 16.6 Å². The van der Waals surface area contributed by atoms with Gasteiger partial charge in [-0.1, -0.05) is 27.6 Å². The van der Waals surface area contributed by atoms with Crippen LogP contribution in [0, 0.1) is 0 Å². The molecule has 0 saturated carbocycles. The van der Waals surface area contributed by atoms with Gasteiger partial charge in [0.25, 0.3) is 0 Å². The molecule has 0 rings (SSSR count). The van der Waals surface area contributed by atoms with Gasteiger partial charge in [0.15, 0.2) is 0 Å². The molecule has 1 atom stereocenters. The Bertz CT molecular complexity index is 184. The standard InChI is InChI=1S/C10H16BrCl3/c1-10(2,14)9(11)4-3-8(7-13)5-6-12/h5,9H,3-4,6-7H2,1-2H3/b8-5-/t9-/m0/s1. The first-order chi connectivity index (χ1) is 6.41. The zero-order valence-electron chi connectivity index (χ0n) is 8.49. The molecule has 0 aliphatic carbocycles. The lowest BCUT2D eigenvalue weighted by molar-refractivity contribution is 0.616. The first kappa shape index (κ1) is 15.1. The van der Waals surface area contributed by atoms with Gasteiger partial charge in [0.05, 0.1) is 4.87 Å². The second-order valence-corrected chi connectivity index (χ2v) is 6.38. The van der Waals surface area contributed by atoms with Crippen LogP contribution < -0.4 is 0 Å². The molecule has 0 aromatic heterocycles. The summed E-state index contributed by atoms with van der Waals surface area (Å²) < 4.78 is 0. The van der Waals surface area contributed by atoms with Crippen LogP contribution in [0.25, 0.3) is 0 Å². The first-order valence-electron chi connectivity index (χ1n) is 4.54. The van der Waals surface area contributed by atoms with Gasteiger partial charge in [-0.2, -0.15) is 0 Å². The van der Waals surface area contributed by atoms with Gasteiger partial charge < -0.3 is 0 Å². The SMILES string of the molecule is CC(C)(Cl)[C@@H](Br)CC/C(=C/CCl)CCl. The lowest BCUT2D eigenvalue weighted by Crippen LogP contribution is -2.24. The zero-order chi connectivity index (χ0) is 11.2. The highest BCUT2D eigenvalue weighted by Gasteiger charge is 2.23. The number of allylic oxidation sites excluding steroid dienone is 2. The Morgan fingerprint density at radius 1 is 1.43 bits per heavy atom. The summed E-state index contributed by atoms with van der Waals surface area (Å²) in [7, 11) is 0. The number of alkyl halides is 4. The molecule has 4 heteroatoms. The van der Waals surface area contributed by atoms with E-state index in [1.165, 1.54) is 5.57 Å². The van der Waals surface area contributed by atoms with Crippen molar-refractivity contribution in [3.05, 3.63) is 11.6 Å². The summed E-state index contributed by atoms with van der Waals surface area (Å²) >= 11 is 21.1. The van der Waals surface area contributed by atoms with E-state index >= 15 is 0 Å². The van der Waals surface area contributed by atoms with Gasteiger partial charge in [-0.3, -0.25) is 0 Å². The summed E-state index contributed by atoms with van der Waals surface area (Å²) in [4.78, 5) is 0.0666. The smallest absolute Gasteiger partial charge is 0.0515 e. The monoisotopic (exact) mass is 320 g/mol. The Kier molecular flexibility index (Phi) is 7.95. The van der Waals surface area contributed by atoms with Crippen LogP contribution in [0.15, 0.2) is 11.6 Å². The third-order valence-corrected chi connectivity index (χ3v) is 4.63. The third kappa shape index (κ3) is 6.55. The lowest BCUT2D eigenvalue weighted by Gasteiger charge is -2.23. The maximum atomic E-state index is 6.16. The van der Waals surface area contributed by atoms with Crippen molar-refractivity contribution in [3.63, 3.8) is 0 Å². The van der Waals surface area contributed by atoms with E-state index in [-0.39, 0.29) is 4.87 Å². The fourth-order valence-corrected chi connectivity index (χ4v) is 1.79. The van der Waals surface area contributed by atoms with Gasteiger partial charge in [-0.05, 0) is 26.7 Å². The van der Waals surface area contributed by atoms with Crippen LogP contribution in [-0.2, 0) is 0 Å². The Hall–Kier alpha value is 1.09. The molecule has 0 N–H and O–H groups in total. The van der Waals surface area contributed by atoms with E-state index in [1.807, 2.05) is 19.9 Å². The van der Waals surface area contributed by atoms with Crippen LogP contribution in [0.3, 0.4) is 0 Å². The molecule has 0 unspecified atom stereocenters. The van der Waals surface area contributed by atoms with Crippen molar-refractivity contribution in [1.82, 2.24) is 0 Å². The third-order valence-electron chi connectivity index (χ3n) is 2.00. The number of hydrogen-bond donors (Lipinski definition) is 0. The van der Waals surface area contributed by atoms with E-state index in [1.54, 1.807) is 0 Å². The molecule has 0 heterocycles. The highest BCUT2D eigenvalue weighted by Crippen LogP contribution is 2.29. The normalized spacial score (nSPS) is 15.7. The average Bonchev–Trinajstić information content (AvgIpc) is 2.10. The van der Waals surface area contributed by atoms with Crippen LogP contribution in [0.2, 0.25) is 0 Å². The van der Waals surface area contributed by atoms with Crippen molar-refractivity contribution in [1.29, 1.82) is 0 Å². The molecule has 14 heavy (non-hydrogen) atoms. The summed E-state index contributed by atoms with van der Waals surface area (Å²) in [6.45, 7) is 4.00. The second-order valence-electron chi connectivity index (χ2n) is 3.72. The Labute approximate surface area is 110 Å². The van der Waals surface area contributed by atoms with Crippen molar-refractivity contribution in [2.45, 2.75) is 36.4 Å². The van der Waals surface area contributed by atoms with Crippen molar-refractivity contribution in [2.75, 3.05) is 11.8 Å². The largest absolute Gasteiger partial charge is 0.122 e. The second kappa shape index (κ2) is 7.38. The van der Waals surface area contributed by atoms with Crippen molar-refractivity contribution in [3.8, 4) is 0 Å². The Morgan fingerprint density at radius 3 is 2.36 bits per heavy atom. The molecule has 0 aromatic carbocycles. The summed E-state index contributed by atoms with van der Waals surface area (Å²) in [6, 6.07) is 0. The van der Waals surface area contributed by atoms with Crippen LogP contribution in [0.4, 0.5) is 0 Å². The summed E-state index contributed by atoms with van der Waals surface area (Å²) in [5.74, 6) is 1.08.